The maximum Gasteiger partial charge on any atom is 0.251 e. The number of halogens is 1. The fraction of sp³-hybridized carbons (Fsp3) is 0.412. The van der Waals surface area contributed by atoms with Crippen LogP contribution < -0.4 is 10.6 Å². The molecular weight excluding hydrogens is 360 g/mol. The third kappa shape index (κ3) is 4.55. The van der Waals surface area contributed by atoms with E-state index < -0.39 is 6.04 Å². The average Bonchev–Trinajstić information content (AvgIpc) is 3.32. The van der Waals surface area contributed by atoms with Crippen LogP contribution in [-0.2, 0) is 4.79 Å². The molecule has 0 aliphatic heterocycles. The Morgan fingerprint density at radius 2 is 1.88 bits per heavy atom. The number of hydrogen-bond acceptors (Lipinski definition) is 5. The molecule has 6 nitrogen and oxygen atoms in total. The minimum Gasteiger partial charge on any atom is -0.340 e. The van der Waals surface area contributed by atoms with Gasteiger partial charge in [-0.25, -0.2) is 0 Å². The van der Waals surface area contributed by atoms with Crippen molar-refractivity contribution in [3.05, 3.63) is 39.9 Å². The van der Waals surface area contributed by atoms with E-state index >= 15 is 0 Å². The first kappa shape index (κ1) is 17.8. The molecule has 3 rings (SSSR count). The first-order chi connectivity index (χ1) is 11.9. The van der Waals surface area contributed by atoms with E-state index in [4.69, 9.17) is 11.6 Å². The van der Waals surface area contributed by atoms with Crippen LogP contribution in [0.4, 0.5) is 5.13 Å². The van der Waals surface area contributed by atoms with E-state index in [1.165, 1.54) is 11.3 Å². The van der Waals surface area contributed by atoms with Gasteiger partial charge in [0, 0.05) is 16.5 Å². The van der Waals surface area contributed by atoms with Crippen molar-refractivity contribution in [3.63, 3.8) is 0 Å². The maximum absolute atomic E-state index is 12.6. The fourth-order valence-electron chi connectivity index (χ4n) is 2.32. The summed E-state index contributed by atoms with van der Waals surface area (Å²) in [6.07, 6.45) is 2.27. The molecule has 0 bridgehead atoms. The third-order valence-electron chi connectivity index (χ3n) is 3.94. The van der Waals surface area contributed by atoms with Crippen molar-refractivity contribution in [2.24, 2.45) is 5.92 Å². The maximum atomic E-state index is 12.6. The Morgan fingerprint density at radius 1 is 1.20 bits per heavy atom. The average molecular weight is 379 g/mol. The lowest BCUT2D eigenvalue weighted by Crippen LogP contribution is -2.47. The molecule has 1 aliphatic rings. The molecule has 0 saturated heterocycles. The number of aromatic nitrogens is 2. The summed E-state index contributed by atoms with van der Waals surface area (Å²) in [6.45, 7) is 3.75. The molecule has 1 atom stereocenters. The lowest BCUT2D eigenvalue weighted by atomic mass is 10.0. The third-order valence-corrected chi connectivity index (χ3v) is 5.19. The monoisotopic (exact) mass is 378 g/mol. The van der Waals surface area contributed by atoms with Gasteiger partial charge in [0.2, 0.25) is 11.0 Å². The van der Waals surface area contributed by atoms with Gasteiger partial charge in [0.15, 0.2) is 0 Å². The van der Waals surface area contributed by atoms with E-state index in [-0.39, 0.29) is 17.7 Å². The van der Waals surface area contributed by atoms with Crippen LogP contribution in [0.25, 0.3) is 0 Å². The highest BCUT2D eigenvalue weighted by Crippen LogP contribution is 2.42. The van der Waals surface area contributed by atoms with Gasteiger partial charge in [-0.3, -0.25) is 14.9 Å². The highest BCUT2D eigenvalue weighted by molar-refractivity contribution is 7.15. The number of anilines is 1. The molecule has 1 unspecified atom stereocenters. The predicted octanol–water partition coefficient (Wildman–Crippen LogP) is 3.46. The summed E-state index contributed by atoms with van der Waals surface area (Å²) in [4.78, 5) is 24.9. The second-order valence-corrected chi connectivity index (χ2v) is 7.86. The molecule has 2 aromatic rings. The van der Waals surface area contributed by atoms with E-state index in [1.807, 2.05) is 13.8 Å². The summed E-state index contributed by atoms with van der Waals surface area (Å²) in [5.74, 6) is -0.196. The van der Waals surface area contributed by atoms with Crippen LogP contribution >= 0.6 is 22.9 Å². The molecule has 2 amide bonds. The Kier molecular flexibility index (Phi) is 5.34. The highest BCUT2D eigenvalue weighted by Gasteiger charge is 2.29. The number of benzene rings is 1. The minimum atomic E-state index is -0.670. The van der Waals surface area contributed by atoms with Crippen LogP contribution in [0, 0.1) is 5.92 Å². The summed E-state index contributed by atoms with van der Waals surface area (Å²) in [6, 6.07) is 5.86. The van der Waals surface area contributed by atoms with E-state index in [2.05, 4.69) is 20.8 Å². The zero-order valence-corrected chi connectivity index (χ0v) is 15.5. The molecular formula is C17H19ClN4O2S. The van der Waals surface area contributed by atoms with Crippen molar-refractivity contribution >= 4 is 39.9 Å². The van der Waals surface area contributed by atoms with Crippen LogP contribution in [0.5, 0.6) is 0 Å². The number of rotatable bonds is 6. The number of amides is 2. The first-order valence-electron chi connectivity index (χ1n) is 8.14. The number of nitrogens with one attached hydrogen (secondary N) is 2. The van der Waals surface area contributed by atoms with Gasteiger partial charge in [0.05, 0.1) is 0 Å². The van der Waals surface area contributed by atoms with Gasteiger partial charge in [-0.2, -0.15) is 0 Å². The van der Waals surface area contributed by atoms with Crippen molar-refractivity contribution in [1.29, 1.82) is 0 Å². The molecule has 132 valence electrons. The van der Waals surface area contributed by atoms with Crippen molar-refractivity contribution < 1.29 is 9.59 Å². The van der Waals surface area contributed by atoms with Crippen LogP contribution in [0.15, 0.2) is 24.3 Å². The van der Waals surface area contributed by atoms with E-state index in [0.29, 0.717) is 21.6 Å². The minimum absolute atomic E-state index is 0.0768. The molecule has 1 heterocycles. The quantitative estimate of drug-likeness (QED) is 0.806. The predicted molar refractivity (Wildman–Crippen MR) is 98.1 cm³/mol. The zero-order valence-electron chi connectivity index (χ0n) is 14.0. The lowest BCUT2D eigenvalue weighted by molar-refractivity contribution is -0.118. The summed E-state index contributed by atoms with van der Waals surface area (Å²) in [5.41, 5.74) is 0.454. The number of carbonyl (C=O) groups excluding carboxylic acids is 2. The Morgan fingerprint density at radius 3 is 2.48 bits per heavy atom. The van der Waals surface area contributed by atoms with Crippen molar-refractivity contribution in [1.82, 2.24) is 15.5 Å². The second kappa shape index (κ2) is 7.49. The smallest absolute Gasteiger partial charge is 0.251 e. The van der Waals surface area contributed by atoms with E-state index in [0.717, 1.165) is 17.8 Å². The van der Waals surface area contributed by atoms with E-state index in [1.54, 1.807) is 24.3 Å². The standard InChI is InChI=1S/C17H19ClN4O2S/c1-9(2)13(19-14(23)10-5-7-12(18)8-6-10)15(24)20-17-22-21-16(25-17)11-3-4-11/h5-9,11,13H,3-4H2,1-2H3,(H,19,23)(H,20,22,24). The van der Waals surface area contributed by atoms with Gasteiger partial charge in [0.25, 0.3) is 5.91 Å². The number of carbonyl (C=O) groups is 2. The van der Waals surface area contributed by atoms with Crippen LogP contribution in [0.2, 0.25) is 5.02 Å². The Balaban J connectivity index is 1.65. The van der Waals surface area contributed by atoms with Crippen LogP contribution in [0.1, 0.15) is 48.0 Å². The molecule has 1 aromatic heterocycles. The summed E-state index contributed by atoms with van der Waals surface area (Å²) in [7, 11) is 0. The summed E-state index contributed by atoms with van der Waals surface area (Å²) < 4.78 is 0. The topological polar surface area (TPSA) is 84.0 Å². The largest absolute Gasteiger partial charge is 0.340 e. The lowest BCUT2D eigenvalue weighted by Gasteiger charge is -2.21. The molecule has 1 aromatic carbocycles. The van der Waals surface area contributed by atoms with Gasteiger partial charge in [-0.05, 0) is 43.0 Å². The molecule has 1 saturated carbocycles. The van der Waals surface area contributed by atoms with Crippen molar-refractivity contribution in [2.45, 2.75) is 38.6 Å². The van der Waals surface area contributed by atoms with Crippen molar-refractivity contribution in [2.75, 3.05) is 5.32 Å². The molecule has 1 fully saturated rings. The van der Waals surface area contributed by atoms with Gasteiger partial charge >= 0.3 is 0 Å². The summed E-state index contributed by atoms with van der Waals surface area (Å²) >= 11 is 7.23. The van der Waals surface area contributed by atoms with Crippen LogP contribution in [0.3, 0.4) is 0 Å². The Labute approximate surface area is 155 Å². The molecule has 1 aliphatic carbocycles. The second-order valence-electron chi connectivity index (χ2n) is 6.41. The molecule has 8 heteroatoms. The summed E-state index contributed by atoms with van der Waals surface area (Å²) in [5, 5.41) is 15.6. The molecule has 2 N–H and O–H groups in total. The van der Waals surface area contributed by atoms with Gasteiger partial charge < -0.3 is 5.32 Å². The first-order valence-corrected chi connectivity index (χ1v) is 9.34. The number of nitrogens with zero attached hydrogens (tertiary/aromatic N) is 2. The normalized spacial score (nSPS) is 15.0. The molecule has 0 spiro atoms. The Hall–Kier alpha value is -1.99. The number of hydrogen-bond donors (Lipinski definition) is 2. The SMILES string of the molecule is CC(C)C(NC(=O)c1ccc(Cl)cc1)C(=O)Nc1nnc(C2CC2)s1. The zero-order chi connectivity index (χ0) is 18.0. The fourth-order valence-corrected chi connectivity index (χ4v) is 3.37. The van der Waals surface area contributed by atoms with Crippen LogP contribution in [-0.4, -0.2) is 28.1 Å². The van der Waals surface area contributed by atoms with Gasteiger partial charge in [-0.15, -0.1) is 10.2 Å². The van der Waals surface area contributed by atoms with E-state index in [9.17, 15) is 9.59 Å². The Bertz CT molecular complexity index is 771. The molecule has 0 radical (unpaired) electrons. The highest BCUT2D eigenvalue weighted by atomic mass is 35.5. The van der Waals surface area contributed by atoms with Gasteiger partial charge in [0.1, 0.15) is 11.0 Å². The molecule has 25 heavy (non-hydrogen) atoms. The van der Waals surface area contributed by atoms with Crippen molar-refractivity contribution in [3.8, 4) is 0 Å². The van der Waals surface area contributed by atoms with Gasteiger partial charge in [-0.1, -0.05) is 36.8 Å².